The van der Waals surface area contributed by atoms with E-state index in [9.17, 15) is 9.59 Å². The number of halogens is 1. The Hall–Kier alpha value is -2.40. The van der Waals surface area contributed by atoms with Crippen molar-refractivity contribution in [3.8, 4) is 5.75 Å². The predicted molar refractivity (Wildman–Crippen MR) is 86.3 cm³/mol. The van der Waals surface area contributed by atoms with E-state index >= 15 is 0 Å². The van der Waals surface area contributed by atoms with Gasteiger partial charge in [-0.05, 0) is 37.6 Å². The molecule has 1 aromatic carbocycles. The van der Waals surface area contributed by atoms with Gasteiger partial charge in [0.2, 0.25) is 5.78 Å². The lowest BCUT2D eigenvalue weighted by molar-refractivity contribution is 0.0473. The molecule has 23 heavy (non-hydrogen) atoms. The van der Waals surface area contributed by atoms with E-state index in [4.69, 9.17) is 21.1 Å². The van der Waals surface area contributed by atoms with Crippen molar-refractivity contribution in [3.63, 3.8) is 0 Å². The highest BCUT2D eigenvalue weighted by molar-refractivity contribution is 6.32. The topological polar surface area (TPSA) is 65.5 Å². The van der Waals surface area contributed by atoms with Crippen molar-refractivity contribution < 1.29 is 19.1 Å². The van der Waals surface area contributed by atoms with Crippen molar-refractivity contribution in [1.82, 2.24) is 4.98 Å². The maximum Gasteiger partial charge on any atom is 0.342 e. The molecule has 0 aliphatic carbocycles. The fraction of sp³-hybridized carbons (Fsp3) is 0.235. The number of methoxy groups -OCH3 is 1. The Kier molecular flexibility index (Phi) is 5.34. The van der Waals surface area contributed by atoms with Gasteiger partial charge in [-0.15, -0.1) is 0 Å². The third kappa shape index (κ3) is 3.87. The van der Waals surface area contributed by atoms with E-state index in [-0.39, 0.29) is 16.5 Å². The molecule has 0 fully saturated rings. The van der Waals surface area contributed by atoms with Crippen molar-refractivity contribution in [2.75, 3.05) is 13.7 Å². The zero-order chi connectivity index (χ0) is 17.0. The monoisotopic (exact) mass is 333 g/mol. The molecular formula is C17H16ClNO4. The third-order valence-corrected chi connectivity index (χ3v) is 3.52. The number of nitrogens with zero attached hydrogens (tertiary/aromatic N) is 1. The third-order valence-electron chi connectivity index (χ3n) is 3.25. The van der Waals surface area contributed by atoms with Gasteiger partial charge >= 0.3 is 5.97 Å². The van der Waals surface area contributed by atoms with E-state index in [1.807, 2.05) is 0 Å². The number of carbonyl (C=O) groups excluding carboxylic acids is 2. The van der Waals surface area contributed by atoms with Crippen LogP contribution in [0.1, 0.15) is 32.0 Å². The van der Waals surface area contributed by atoms with Crippen molar-refractivity contribution in [1.29, 1.82) is 0 Å². The highest BCUT2D eigenvalue weighted by atomic mass is 35.5. The van der Waals surface area contributed by atoms with Gasteiger partial charge in [0.05, 0.1) is 18.2 Å². The molecule has 0 atom stereocenters. The van der Waals surface area contributed by atoms with E-state index in [0.717, 1.165) is 0 Å². The molecule has 120 valence electrons. The normalized spacial score (nSPS) is 10.3. The summed E-state index contributed by atoms with van der Waals surface area (Å²) < 4.78 is 10.2. The number of hydrogen-bond donors (Lipinski definition) is 0. The maximum absolute atomic E-state index is 12.2. The van der Waals surface area contributed by atoms with Crippen molar-refractivity contribution in [3.05, 3.63) is 57.9 Å². The van der Waals surface area contributed by atoms with Gasteiger partial charge in [0.25, 0.3) is 0 Å². The quantitative estimate of drug-likeness (QED) is 0.476. The summed E-state index contributed by atoms with van der Waals surface area (Å²) in [7, 11) is 1.47. The molecule has 0 saturated heterocycles. The van der Waals surface area contributed by atoms with Crippen LogP contribution in [0.4, 0.5) is 0 Å². The highest BCUT2D eigenvalue weighted by Crippen LogP contribution is 2.21. The number of hydrogen-bond acceptors (Lipinski definition) is 5. The summed E-state index contributed by atoms with van der Waals surface area (Å²) in [5.74, 6) is -0.604. The molecule has 0 N–H and O–H groups in total. The van der Waals surface area contributed by atoms with Crippen LogP contribution in [0.5, 0.6) is 5.75 Å². The summed E-state index contributed by atoms with van der Waals surface area (Å²) >= 11 is 5.99. The van der Waals surface area contributed by atoms with Crippen LogP contribution in [0.2, 0.25) is 5.15 Å². The lowest BCUT2D eigenvalue weighted by atomic mass is 10.1. The van der Waals surface area contributed by atoms with Crippen LogP contribution in [0.15, 0.2) is 30.3 Å². The van der Waals surface area contributed by atoms with Gasteiger partial charge < -0.3 is 9.47 Å². The van der Waals surface area contributed by atoms with Crippen LogP contribution in [0, 0.1) is 13.8 Å². The van der Waals surface area contributed by atoms with Crippen LogP contribution in [0.3, 0.4) is 0 Å². The van der Waals surface area contributed by atoms with Crippen molar-refractivity contribution >= 4 is 23.4 Å². The van der Waals surface area contributed by atoms with E-state index < -0.39 is 12.6 Å². The lowest BCUT2D eigenvalue weighted by Gasteiger charge is -2.10. The Morgan fingerprint density at radius 3 is 2.57 bits per heavy atom. The number of Topliss-reactive ketones (excluding diaryl/α,β-unsaturated/α-hetero) is 1. The van der Waals surface area contributed by atoms with E-state index in [1.165, 1.54) is 7.11 Å². The second kappa shape index (κ2) is 7.24. The molecule has 2 rings (SSSR count). The molecule has 0 unspecified atom stereocenters. The predicted octanol–water partition coefficient (Wildman–Crippen LogP) is 3.40. The number of esters is 1. The van der Waals surface area contributed by atoms with Gasteiger partial charge in [-0.2, -0.15) is 0 Å². The molecular weight excluding hydrogens is 318 g/mol. The first-order valence-electron chi connectivity index (χ1n) is 6.91. The summed E-state index contributed by atoms with van der Waals surface area (Å²) in [5.41, 5.74) is 1.88. The number of para-hydroxylation sites is 1. The first-order valence-corrected chi connectivity index (χ1v) is 7.29. The van der Waals surface area contributed by atoms with Crippen LogP contribution >= 0.6 is 11.6 Å². The molecule has 1 aromatic heterocycles. The molecule has 5 nitrogen and oxygen atoms in total. The van der Waals surface area contributed by atoms with Gasteiger partial charge in [0.15, 0.2) is 6.61 Å². The number of rotatable bonds is 5. The average Bonchev–Trinajstić information content (AvgIpc) is 2.51. The molecule has 0 bridgehead atoms. The number of ether oxygens (including phenoxy) is 2. The molecule has 2 aromatic rings. The van der Waals surface area contributed by atoms with Crippen LogP contribution < -0.4 is 4.74 Å². The van der Waals surface area contributed by atoms with Gasteiger partial charge in [0.1, 0.15) is 10.9 Å². The number of ketones is 1. The van der Waals surface area contributed by atoms with Crippen molar-refractivity contribution in [2.45, 2.75) is 13.8 Å². The Balaban J connectivity index is 2.12. The Morgan fingerprint density at radius 2 is 1.91 bits per heavy atom. The summed E-state index contributed by atoms with van der Waals surface area (Å²) in [4.78, 5) is 28.4. The largest absolute Gasteiger partial charge is 0.496 e. The average molecular weight is 334 g/mol. The number of benzene rings is 1. The molecule has 0 aliphatic heterocycles. The van der Waals surface area contributed by atoms with Gasteiger partial charge in [0, 0.05) is 5.69 Å². The molecule has 0 saturated carbocycles. The number of aryl methyl sites for hydroxylation is 2. The SMILES string of the molecule is COc1ccccc1C(=O)COC(=O)c1c(C)cc(C)nc1Cl. The zero-order valence-corrected chi connectivity index (χ0v) is 13.8. The number of carbonyl (C=O) groups is 2. The van der Waals surface area contributed by atoms with E-state index in [0.29, 0.717) is 22.6 Å². The summed E-state index contributed by atoms with van der Waals surface area (Å²) in [5, 5.41) is 0.0669. The first-order chi connectivity index (χ1) is 10.9. The minimum absolute atomic E-state index is 0.0669. The second-order valence-electron chi connectivity index (χ2n) is 4.95. The highest BCUT2D eigenvalue weighted by Gasteiger charge is 2.19. The smallest absolute Gasteiger partial charge is 0.342 e. The van der Waals surface area contributed by atoms with Gasteiger partial charge in [-0.25, -0.2) is 9.78 Å². The van der Waals surface area contributed by atoms with E-state index in [1.54, 1.807) is 44.2 Å². The molecule has 0 aliphatic rings. The fourth-order valence-corrected chi connectivity index (χ4v) is 2.55. The summed E-state index contributed by atoms with van der Waals surface area (Å²) in [6, 6.07) is 8.47. The van der Waals surface area contributed by atoms with Crippen LogP contribution in [0.25, 0.3) is 0 Å². The molecule has 0 radical (unpaired) electrons. The number of pyridine rings is 1. The standard InChI is InChI=1S/C17H16ClNO4/c1-10-8-11(2)19-16(18)15(10)17(21)23-9-13(20)12-6-4-5-7-14(12)22-3/h4-8H,9H2,1-3H3. The Bertz CT molecular complexity index is 735. The molecule has 0 spiro atoms. The van der Waals surface area contributed by atoms with Crippen LogP contribution in [-0.2, 0) is 4.74 Å². The summed E-state index contributed by atoms with van der Waals surface area (Å²) in [6.45, 7) is 3.11. The zero-order valence-electron chi connectivity index (χ0n) is 13.1. The van der Waals surface area contributed by atoms with Crippen molar-refractivity contribution in [2.24, 2.45) is 0 Å². The van der Waals surface area contributed by atoms with Crippen LogP contribution in [-0.4, -0.2) is 30.5 Å². The molecule has 6 heteroatoms. The number of aromatic nitrogens is 1. The summed E-state index contributed by atoms with van der Waals surface area (Å²) in [6.07, 6.45) is 0. The van der Waals surface area contributed by atoms with Gasteiger partial charge in [-0.1, -0.05) is 23.7 Å². The molecule has 1 heterocycles. The van der Waals surface area contributed by atoms with Gasteiger partial charge in [-0.3, -0.25) is 4.79 Å². The lowest BCUT2D eigenvalue weighted by Crippen LogP contribution is -2.16. The Morgan fingerprint density at radius 1 is 1.22 bits per heavy atom. The molecule has 0 amide bonds. The first kappa shape index (κ1) is 17.0. The Labute approximate surface area is 139 Å². The van der Waals surface area contributed by atoms with E-state index in [2.05, 4.69) is 4.98 Å². The fourth-order valence-electron chi connectivity index (χ4n) is 2.19. The minimum atomic E-state index is -0.678. The second-order valence-corrected chi connectivity index (χ2v) is 5.30. The maximum atomic E-state index is 12.2. The minimum Gasteiger partial charge on any atom is -0.496 e.